The van der Waals surface area contributed by atoms with Crippen LogP contribution in [0.15, 0.2) is 18.2 Å². The van der Waals surface area contributed by atoms with Crippen LogP contribution in [0.1, 0.15) is 37.0 Å². The number of carboxylic acids is 1. The minimum absolute atomic E-state index is 0.0596. The molecular formula is C15H19F2NO3. The summed E-state index contributed by atoms with van der Waals surface area (Å²) in [6, 6.07) is 2.56. The van der Waals surface area contributed by atoms with E-state index < -0.39 is 23.5 Å². The van der Waals surface area contributed by atoms with Crippen molar-refractivity contribution in [1.82, 2.24) is 5.32 Å². The zero-order chi connectivity index (χ0) is 16.0. The molecule has 0 unspecified atom stereocenters. The maximum atomic E-state index is 13.0. The fourth-order valence-corrected chi connectivity index (χ4v) is 2.18. The SMILES string of the molecule is CC(C)C[C@H](CNC(=O)c1cc(F)cc(F)c1)CC(=O)O. The zero-order valence-corrected chi connectivity index (χ0v) is 12.0. The molecule has 0 aliphatic rings. The average molecular weight is 299 g/mol. The highest BCUT2D eigenvalue weighted by molar-refractivity contribution is 5.94. The molecule has 1 amide bonds. The number of carbonyl (C=O) groups is 2. The van der Waals surface area contributed by atoms with Crippen LogP contribution in [0.5, 0.6) is 0 Å². The number of hydrogen-bond acceptors (Lipinski definition) is 2. The van der Waals surface area contributed by atoms with E-state index in [1.54, 1.807) is 0 Å². The van der Waals surface area contributed by atoms with E-state index >= 15 is 0 Å². The number of halogens is 2. The molecule has 1 atom stereocenters. The number of benzene rings is 1. The van der Waals surface area contributed by atoms with Crippen molar-refractivity contribution in [2.75, 3.05) is 6.54 Å². The Bertz CT molecular complexity index is 497. The largest absolute Gasteiger partial charge is 0.481 e. The van der Waals surface area contributed by atoms with Gasteiger partial charge >= 0.3 is 5.97 Å². The van der Waals surface area contributed by atoms with E-state index in [2.05, 4.69) is 5.32 Å². The maximum absolute atomic E-state index is 13.0. The molecule has 2 N–H and O–H groups in total. The third-order valence-corrected chi connectivity index (χ3v) is 2.94. The first kappa shape index (κ1) is 17.1. The molecule has 0 aliphatic carbocycles. The molecule has 0 aliphatic heterocycles. The first-order valence-corrected chi connectivity index (χ1v) is 6.74. The Balaban J connectivity index is 2.65. The number of carboxylic acid groups (broad SMARTS) is 1. The van der Waals surface area contributed by atoms with E-state index in [9.17, 15) is 18.4 Å². The van der Waals surface area contributed by atoms with Crippen LogP contribution in [0.25, 0.3) is 0 Å². The van der Waals surface area contributed by atoms with E-state index in [1.807, 2.05) is 13.8 Å². The number of nitrogens with one attached hydrogen (secondary N) is 1. The second-order valence-electron chi connectivity index (χ2n) is 5.46. The molecule has 0 radical (unpaired) electrons. The summed E-state index contributed by atoms with van der Waals surface area (Å²) in [4.78, 5) is 22.6. The van der Waals surface area contributed by atoms with Crippen molar-refractivity contribution >= 4 is 11.9 Å². The highest BCUT2D eigenvalue weighted by Gasteiger charge is 2.17. The summed E-state index contributed by atoms with van der Waals surface area (Å²) in [6.07, 6.45) is 0.583. The van der Waals surface area contributed by atoms with Crippen molar-refractivity contribution in [2.45, 2.75) is 26.7 Å². The Labute approximate surface area is 122 Å². The molecule has 1 aromatic rings. The molecule has 21 heavy (non-hydrogen) atoms. The van der Waals surface area contributed by atoms with Gasteiger partial charge in [0.1, 0.15) is 11.6 Å². The van der Waals surface area contributed by atoms with Gasteiger partial charge in [-0.3, -0.25) is 9.59 Å². The number of aliphatic carboxylic acids is 1. The summed E-state index contributed by atoms with van der Waals surface area (Å²) in [5.74, 6) is -3.14. The van der Waals surface area contributed by atoms with E-state index in [1.165, 1.54) is 0 Å². The third kappa shape index (κ3) is 6.33. The van der Waals surface area contributed by atoms with Crippen LogP contribution in [-0.4, -0.2) is 23.5 Å². The second kappa shape index (κ2) is 7.71. The fourth-order valence-electron chi connectivity index (χ4n) is 2.18. The van der Waals surface area contributed by atoms with Crippen molar-refractivity contribution in [3.63, 3.8) is 0 Å². The number of hydrogen-bond donors (Lipinski definition) is 2. The van der Waals surface area contributed by atoms with Crippen LogP contribution < -0.4 is 5.32 Å². The Kier molecular flexibility index (Phi) is 6.27. The summed E-state index contributed by atoms with van der Waals surface area (Å²) in [7, 11) is 0. The molecule has 0 saturated carbocycles. The van der Waals surface area contributed by atoms with Crippen LogP contribution >= 0.6 is 0 Å². The number of carbonyl (C=O) groups excluding carboxylic acids is 1. The summed E-state index contributed by atoms with van der Waals surface area (Å²) < 4.78 is 26.1. The normalized spacial score (nSPS) is 12.2. The van der Waals surface area contributed by atoms with Crippen LogP contribution in [-0.2, 0) is 4.79 Å². The Hall–Kier alpha value is -1.98. The molecule has 4 nitrogen and oxygen atoms in total. The van der Waals surface area contributed by atoms with Crippen molar-refractivity contribution in [1.29, 1.82) is 0 Å². The minimum atomic E-state index is -0.938. The van der Waals surface area contributed by atoms with Crippen molar-refractivity contribution < 1.29 is 23.5 Å². The lowest BCUT2D eigenvalue weighted by atomic mass is 9.94. The van der Waals surface area contributed by atoms with Gasteiger partial charge in [-0.05, 0) is 30.4 Å². The Morgan fingerprint density at radius 1 is 1.19 bits per heavy atom. The zero-order valence-electron chi connectivity index (χ0n) is 12.0. The molecule has 1 rings (SSSR count). The lowest BCUT2D eigenvalue weighted by molar-refractivity contribution is -0.138. The lowest BCUT2D eigenvalue weighted by Crippen LogP contribution is -2.31. The summed E-state index contributed by atoms with van der Waals surface area (Å²) >= 11 is 0. The van der Waals surface area contributed by atoms with Gasteiger partial charge in [0.25, 0.3) is 5.91 Å². The molecule has 0 spiro atoms. The lowest BCUT2D eigenvalue weighted by Gasteiger charge is -2.17. The maximum Gasteiger partial charge on any atom is 0.303 e. The van der Waals surface area contributed by atoms with Crippen LogP contribution in [0.2, 0.25) is 0 Å². The van der Waals surface area contributed by atoms with E-state index in [0.717, 1.165) is 12.1 Å². The average Bonchev–Trinajstić information content (AvgIpc) is 2.32. The first-order chi connectivity index (χ1) is 9.77. The molecule has 0 saturated heterocycles. The van der Waals surface area contributed by atoms with Gasteiger partial charge in [-0.15, -0.1) is 0 Å². The first-order valence-electron chi connectivity index (χ1n) is 6.74. The van der Waals surface area contributed by atoms with Crippen LogP contribution in [0.4, 0.5) is 8.78 Å². The van der Waals surface area contributed by atoms with Crippen molar-refractivity contribution in [3.05, 3.63) is 35.4 Å². The van der Waals surface area contributed by atoms with E-state index in [-0.39, 0.29) is 30.4 Å². The molecule has 6 heteroatoms. The van der Waals surface area contributed by atoms with Gasteiger partial charge < -0.3 is 10.4 Å². The van der Waals surface area contributed by atoms with Crippen molar-refractivity contribution in [3.8, 4) is 0 Å². The van der Waals surface area contributed by atoms with Gasteiger partial charge in [0, 0.05) is 24.6 Å². The smallest absolute Gasteiger partial charge is 0.303 e. The summed E-state index contributed by atoms with van der Waals surface area (Å²) in [5.41, 5.74) is -0.119. The third-order valence-electron chi connectivity index (χ3n) is 2.94. The monoisotopic (exact) mass is 299 g/mol. The Morgan fingerprint density at radius 3 is 2.24 bits per heavy atom. The molecule has 0 fully saturated rings. The van der Waals surface area contributed by atoms with E-state index in [4.69, 9.17) is 5.11 Å². The standard InChI is InChI=1S/C15H19F2NO3/c1-9(2)3-10(4-14(19)20)8-18-15(21)11-5-12(16)7-13(17)6-11/h5-7,9-10H,3-4,8H2,1-2H3,(H,18,21)(H,19,20)/t10-/m0/s1. The Morgan fingerprint density at radius 2 is 1.76 bits per heavy atom. The van der Waals surface area contributed by atoms with Gasteiger partial charge in [-0.2, -0.15) is 0 Å². The molecule has 1 aromatic carbocycles. The predicted octanol–water partition coefficient (Wildman–Crippen LogP) is 2.83. The van der Waals surface area contributed by atoms with Gasteiger partial charge in [0.05, 0.1) is 0 Å². The van der Waals surface area contributed by atoms with Gasteiger partial charge in [0.15, 0.2) is 0 Å². The molecule has 0 heterocycles. The molecular weight excluding hydrogens is 280 g/mol. The van der Waals surface area contributed by atoms with Crippen molar-refractivity contribution in [2.24, 2.45) is 11.8 Å². The van der Waals surface area contributed by atoms with Crippen LogP contribution in [0.3, 0.4) is 0 Å². The van der Waals surface area contributed by atoms with E-state index in [0.29, 0.717) is 12.5 Å². The highest BCUT2D eigenvalue weighted by Crippen LogP contribution is 2.15. The van der Waals surface area contributed by atoms with Gasteiger partial charge in [-0.25, -0.2) is 8.78 Å². The molecule has 0 aromatic heterocycles. The minimum Gasteiger partial charge on any atom is -0.481 e. The fraction of sp³-hybridized carbons (Fsp3) is 0.467. The predicted molar refractivity (Wildman–Crippen MR) is 73.9 cm³/mol. The van der Waals surface area contributed by atoms with Crippen LogP contribution in [0, 0.1) is 23.5 Å². The molecule has 0 bridgehead atoms. The van der Waals surface area contributed by atoms with Gasteiger partial charge in [-0.1, -0.05) is 13.8 Å². The number of amides is 1. The number of rotatable bonds is 7. The molecule has 116 valence electrons. The van der Waals surface area contributed by atoms with Gasteiger partial charge in [0.2, 0.25) is 0 Å². The quantitative estimate of drug-likeness (QED) is 0.813. The highest BCUT2D eigenvalue weighted by atomic mass is 19.1. The second-order valence-corrected chi connectivity index (χ2v) is 5.46. The summed E-state index contributed by atoms with van der Waals surface area (Å²) in [5, 5.41) is 11.4. The summed E-state index contributed by atoms with van der Waals surface area (Å²) in [6.45, 7) is 4.07. The topological polar surface area (TPSA) is 66.4 Å².